The van der Waals surface area contributed by atoms with Gasteiger partial charge in [-0.3, -0.25) is 0 Å². The van der Waals surface area contributed by atoms with Crippen molar-refractivity contribution >= 4 is 16.5 Å². The van der Waals surface area contributed by atoms with Crippen molar-refractivity contribution in [1.29, 1.82) is 0 Å². The molecule has 3 nitrogen and oxygen atoms in total. The monoisotopic (exact) mass is 226 g/mol. The van der Waals surface area contributed by atoms with E-state index in [4.69, 9.17) is 4.74 Å². The number of thiazole rings is 1. The molecule has 2 rings (SSSR count). The number of ether oxygens (including phenoxy) is 1. The summed E-state index contributed by atoms with van der Waals surface area (Å²) in [4.78, 5) is 5.76. The molecule has 0 aromatic carbocycles. The summed E-state index contributed by atoms with van der Waals surface area (Å²) in [6.45, 7) is 7.07. The summed E-state index contributed by atoms with van der Waals surface area (Å²) in [6, 6.07) is 0. The Morgan fingerprint density at radius 3 is 3.00 bits per heavy atom. The van der Waals surface area contributed by atoms with Crippen LogP contribution in [0.15, 0.2) is 0 Å². The number of hydrogen-bond acceptors (Lipinski definition) is 4. The number of aromatic nitrogens is 1. The van der Waals surface area contributed by atoms with Gasteiger partial charge in [-0.25, -0.2) is 4.98 Å². The molecule has 0 amide bonds. The molecule has 2 heterocycles. The van der Waals surface area contributed by atoms with Gasteiger partial charge in [-0.05, 0) is 32.6 Å². The maximum Gasteiger partial charge on any atom is 0.183 e. The van der Waals surface area contributed by atoms with E-state index >= 15 is 0 Å². The summed E-state index contributed by atoms with van der Waals surface area (Å²) in [5.41, 5.74) is 1.15. The molecule has 1 unspecified atom stereocenters. The quantitative estimate of drug-likeness (QED) is 0.857. The van der Waals surface area contributed by atoms with E-state index in [1.807, 2.05) is 0 Å². The molecular weight excluding hydrogens is 208 g/mol. The second-order valence-electron chi connectivity index (χ2n) is 4.11. The van der Waals surface area contributed by atoms with Gasteiger partial charge in [0.1, 0.15) is 0 Å². The van der Waals surface area contributed by atoms with Crippen molar-refractivity contribution in [3.63, 3.8) is 0 Å². The number of nitrogens with zero attached hydrogens (tertiary/aromatic N) is 1. The van der Waals surface area contributed by atoms with Gasteiger partial charge in [0.05, 0.1) is 5.69 Å². The average molecular weight is 226 g/mol. The van der Waals surface area contributed by atoms with Gasteiger partial charge in [0.25, 0.3) is 0 Å². The van der Waals surface area contributed by atoms with Crippen LogP contribution in [0.1, 0.15) is 23.4 Å². The minimum Gasteiger partial charge on any atom is -0.381 e. The summed E-state index contributed by atoms with van der Waals surface area (Å²) >= 11 is 1.74. The van der Waals surface area contributed by atoms with Gasteiger partial charge in [-0.1, -0.05) is 0 Å². The van der Waals surface area contributed by atoms with Crippen molar-refractivity contribution in [3.05, 3.63) is 10.6 Å². The number of hydrogen-bond donors (Lipinski definition) is 1. The second-order valence-corrected chi connectivity index (χ2v) is 5.31. The van der Waals surface area contributed by atoms with Crippen molar-refractivity contribution in [2.75, 3.05) is 25.1 Å². The number of nitrogens with one attached hydrogen (secondary N) is 1. The number of rotatable bonds is 4. The highest BCUT2D eigenvalue weighted by atomic mass is 32.1. The lowest BCUT2D eigenvalue weighted by Gasteiger charge is -2.07. The molecule has 1 N–H and O–H groups in total. The first-order valence-corrected chi connectivity index (χ1v) is 6.33. The van der Waals surface area contributed by atoms with E-state index in [1.165, 1.54) is 17.7 Å². The molecule has 1 saturated heterocycles. The summed E-state index contributed by atoms with van der Waals surface area (Å²) in [5, 5.41) is 4.44. The first kappa shape index (κ1) is 10.9. The third kappa shape index (κ3) is 2.92. The third-order valence-corrected chi connectivity index (χ3v) is 3.91. The third-order valence-electron chi connectivity index (χ3n) is 2.88. The molecule has 0 saturated carbocycles. The average Bonchev–Trinajstić information content (AvgIpc) is 2.79. The Labute approximate surface area is 94.9 Å². The Kier molecular flexibility index (Phi) is 3.59. The zero-order valence-corrected chi connectivity index (χ0v) is 10.2. The fraction of sp³-hybridized carbons (Fsp3) is 0.727. The Morgan fingerprint density at radius 2 is 2.40 bits per heavy atom. The van der Waals surface area contributed by atoms with Crippen molar-refractivity contribution < 1.29 is 4.74 Å². The number of aryl methyl sites for hydroxylation is 2. The highest BCUT2D eigenvalue weighted by Crippen LogP contribution is 2.22. The van der Waals surface area contributed by atoms with Crippen LogP contribution in [0.4, 0.5) is 5.13 Å². The molecule has 4 heteroatoms. The van der Waals surface area contributed by atoms with Crippen LogP contribution in [0.2, 0.25) is 0 Å². The molecule has 84 valence electrons. The van der Waals surface area contributed by atoms with Gasteiger partial charge in [-0.15, -0.1) is 11.3 Å². The minimum absolute atomic E-state index is 0.750. The standard InChI is InChI=1S/C11H18N2OS/c1-8-9(2)15-11(13-8)12-5-3-10-4-6-14-7-10/h10H,3-7H2,1-2H3,(H,12,13). The lowest BCUT2D eigenvalue weighted by atomic mass is 10.1. The zero-order chi connectivity index (χ0) is 10.7. The van der Waals surface area contributed by atoms with Crippen LogP contribution in [0, 0.1) is 19.8 Å². The first-order chi connectivity index (χ1) is 7.25. The van der Waals surface area contributed by atoms with Gasteiger partial charge in [0.2, 0.25) is 0 Å². The van der Waals surface area contributed by atoms with Gasteiger partial charge < -0.3 is 10.1 Å². The fourth-order valence-electron chi connectivity index (χ4n) is 1.74. The van der Waals surface area contributed by atoms with Crippen LogP contribution in [0.3, 0.4) is 0 Å². The lowest BCUT2D eigenvalue weighted by molar-refractivity contribution is 0.185. The summed E-state index contributed by atoms with van der Waals surface area (Å²) in [5.74, 6) is 0.750. The molecule has 0 spiro atoms. The van der Waals surface area contributed by atoms with Crippen molar-refractivity contribution in [2.45, 2.75) is 26.7 Å². The molecule has 15 heavy (non-hydrogen) atoms. The molecule has 1 aliphatic rings. The van der Waals surface area contributed by atoms with Crippen LogP contribution in [-0.2, 0) is 4.74 Å². The van der Waals surface area contributed by atoms with Crippen molar-refractivity contribution in [3.8, 4) is 0 Å². The molecule has 0 radical (unpaired) electrons. The highest BCUT2D eigenvalue weighted by Gasteiger charge is 2.14. The van der Waals surface area contributed by atoms with Crippen LogP contribution < -0.4 is 5.32 Å². The SMILES string of the molecule is Cc1nc(NCCC2CCOC2)sc1C. The van der Waals surface area contributed by atoms with E-state index in [2.05, 4.69) is 24.1 Å². The molecule has 1 fully saturated rings. The second kappa shape index (κ2) is 4.94. The Balaban J connectivity index is 1.73. The van der Waals surface area contributed by atoms with Gasteiger partial charge >= 0.3 is 0 Å². The van der Waals surface area contributed by atoms with E-state index in [0.29, 0.717) is 0 Å². The van der Waals surface area contributed by atoms with Crippen LogP contribution in [-0.4, -0.2) is 24.7 Å². The summed E-state index contributed by atoms with van der Waals surface area (Å²) in [7, 11) is 0. The zero-order valence-electron chi connectivity index (χ0n) is 9.38. The van der Waals surface area contributed by atoms with Gasteiger partial charge in [-0.2, -0.15) is 0 Å². The molecule has 1 aliphatic heterocycles. The van der Waals surface area contributed by atoms with Crippen LogP contribution in [0.25, 0.3) is 0 Å². The van der Waals surface area contributed by atoms with Crippen molar-refractivity contribution in [2.24, 2.45) is 5.92 Å². The predicted octanol–water partition coefficient (Wildman–Crippen LogP) is 2.60. The summed E-state index contributed by atoms with van der Waals surface area (Å²) < 4.78 is 5.34. The highest BCUT2D eigenvalue weighted by molar-refractivity contribution is 7.15. The maximum atomic E-state index is 5.34. The molecular formula is C11H18N2OS. The van der Waals surface area contributed by atoms with E-state index in [1.54, 1.807) is 11.3 Å². The molecule has 1 aromatic heterocycles. The van der Waals surface area contributed by atoms with Crippen LogP contribution in [0.5, 0.6) is 0 Å². The van der Waals surface area contributed by atoms with Gasteiger partial charge in [0.15, 0.2) is 5.13 Å². The Morgan fingerprint density at radius 1 is 1.53 bits per heavy atom. The molecule has 1 aromatic rings. The van der Waals surface area contributed by atoms with E-state index in [0.717, 1.165) is 36.5 Å². The topological polar surface area (TPSA) is 34.2 Å². The maximum absolute atomic E-state index is 5.34. The van der Waals surface area contributed by atoms with Crippen LogP contribution >= 0.6 is 11.3 Å². The fourth-order valence-corrected chi connectivity index (χ4v) is 2.58. The summed E-state index contributed by atoms with van der Waals surface area (Å²) in [6.07, 6.45) is 2.41. The smallest absolute Gasteiger partial charge is 0.183 e. The normalized spacial score (nSPS) is 20.8. The minimum atomic E-state index is 0.750. The molecule has 1 atom stereocenters. The molecule has 0 bridgehead atoms. The largest absolute Gasteiger partial charge is 0.381 e. The first-order valence-electron chi connectivity index (χ1n) is 5.51. The lowest BCUT2D eigenvalue weighted by Crippen LogP contribution is -2.08. The van der Waals surface area contributed by atoms with E-state index < -0.39 is 0 Å². The predicted molar refractivity (Wildman–Crippen MR) is 63.6 cm³/mol. The number of anilines is 1. The van der Waals surface area contributed by atoms with Gasteiger partial charge in [0, 0.05) is 24.6 Å². The Bertz CT molecular complexity index is 299. The Hall–Kier alpha value is -0.610. The van der Waals surface area contributed by atoms with E-state index in [9.17, 15) is 0 Å². The van der Waals surface area contributed by atoms with Crippen molar-refractivity contribution in [1.82, 2.24) is 4.98 Å². The molecule has 0 aliphatic carbocycles. The van der Waals surface area contributed by atoms with E-state index in [-0.39, 0.29) is 0 Å².